The van der Waals surface area contributed by atoms with Crippen LogP contribution in [0.25, 0.3) is 0 Å². The van der Waals surface area contributed by atoms with E-state index in [1.54, 1.807) is 0 Å². The maximum Gasteiger partial charge on any atom is 0.310 e. The molecule has 0 bridgehead atoms. The van der Waals surface area contributed by atoms with E-state index in [2.05, 4.69) is 0 Å². The zero-order valence-corrected chi connectivity index (χ0v) is 10.1. The summed E-state index contributed by atoms with van der Waals surface area (Å²) in [4.78, 5) is 12.2. The highest BCUT2D eigenvalue weighted by Crippen LogP contribution is 2.31. The van der Waals surface area contributed by atoms with E-state index in [-0.39, 0.29) is 13.0 Å². The van der Waals surface area contributed by atoms with E-state index in [0.717, 1.165) is 19.4 Å². The number of aryl methyl sites for hydroxylation is 1. The molecule has 0 unspecified atom stereocenters. The van der Waals surface area contributed by atoms with Crippen LogP contribution in [0.15, 0.2) is 10.9 Å². The van der Waals surface area contributed by atoms with Crippen LogP contribution in [0.4, 0.5) is 0 Å². The molecule has 4 heteroatoms. The Hall–Kier alpha value is -1.03. The van der Waals surface area contributed by atoms with Gasteiger partial charge in [-0.25, -0.2) is 0 Å². The quantitative estimate of drug-likeness (QED) is 0.750. The molecule has 2 aliphatic rings. The average molecular weight is 231 g/mol. The second-order valence-corrected chi connectivity index (χ2v) is 5.37. The standard InChI is InChI=1S/C13H18BNO2/c16-13-11(14-17)7-10-3-1-2-4-12(10)15(13)8-9-5-6-9/h7,9,14,17H,1-6,8H2. The van der Waals surface area contributed by atoms with Gasteiger partial charge in [0.1, 0.15) is 0 Å². The normalized spacial score (nSPS) is 18.9. The van der Waals surface area contributed by atoms with Crippen molar-refractivity contribution in [2.24, 2.45) is 5.92 Å². The first-order valence-electron chi connectivity index (χ1n) is 6.65. The largest absolute Gasteiger partial charge is 0.449 e. The number of fused-ring (bicyclic) bond motifs is 1. The van der Waals surface area contributed by atoms with Gasteiger partial charge in [0.15, 0.2) is 0 Å². The molecule has 0 amide bonds. The number of nitrogens with zero attached hydrogens (tertiary/aromatic N) is 1. The minimum absolute atomic E-state index is 0.0417. The van der Waals surface area contributed by atoms with Gasteiger partial charge >= 0.3 is 7.48 Å². The number of hydrogen-bond acceptors (Lipinski definition) is 2. The summed E-state index contributed by atoms with van der Waals surface area (Å²) >= 11 is 0. The fourth-order valence-electron chi connectivity index (χ4n) is 2.81. The molecule has 0 aliphatic heterocycles. The van der Waals surface area contributed by atoms with Gasteiger partial charge in [-0.2, -0.15) is 0 Å². The van der Waals surface area contributed by atoms with Gasteiger partial charge in [-0.05, 0) is 50.0 Å². The van der Waals surface area contributed by atoms with Crippen LogP contribution in [0.3, 0.4) is 0 Å². The highest BCUT2D eigenvalue weighted by atomic mass is 16.2. The topological polar surface area (TPSA) is 42.2 Å². The molecule has 1 saturated carbocycles. The summed E-state index contributed by atoms with van der Waals surface area (Å²) in [5, 5.41) is 9.28. The molecule has 0 atom stereocenters. The summed E-state index contributed by atoms with van der Waals surface area (Å²) < 4.78 is 1.96. The second-order valence-electron chi connectivity index (χ2n) is 5.37. The summed E-state index contributed by atoms with van der Waals surface area (Å²) in [6.07, 6.45) is 7.00. The van der Waals surface area contributed by atoms with Gasteiger partial charge in [-0.15, -0.1) is 0 Å². The van der Waals surface area contributed by atoms with E-state index in [9.17, 15) is 9.82 Å². The molecule has 1 aromatic heterocycles. The van der Waals surface area contributed by atoms with Gasteiger partial charge < -0.3 is 9.59 Å². The van der Waals surface area contributed by atoms with E-state index >= 15 is 0 Å². The van der Waals surface area contributed by atoms with Gasteiger partial charge in [0, 0.05) is 17.7 Å². The Labute approximate surface area is 102 Å². The van der Waals surface area contributed by atoms with Crippen LogP contribution in [0.1, 0.15) is 36.9 Å². The zero-order valence-electron chi connectivity index (χ0n) is 10.1. The van der Waals surface area contributed by atoms with Crippen molar-refractivity contribution >= 4 is 12.9 Å². The van der Waals surface area contributed by atoms with Gasteiger partial charge in [-0.3, -0.25) is 4.79 Å². The van der Waals surface area contributed by atoms with E-state index in [1.807, 2.05) is 10.6 Å². The van der Waals surface area contributed by atoms with Gasteiger partial charge in [0.05, 0.1) is 0 Å². The van der Waals surface area contributed by atoms with Crippen LogP contribution in [0.5, 0.6) is 0 Å². The summed E-state index contributed by atoms with van der Waals surface area (Å²) in [5.74, 6) is 0.702. The maximum atomic E-state index is 12.2. The first-order chi connectivity index (χ1) is 8.29. The van der Waals surface area contributed by atoms with E-state index in [0.29, 0.717) is 11.4 Å². The molecule has 0 radical (unpaired) electrons. The third-order valence-corrected chi connectivity index (χ3v) is 3.98. The van der Waals surface area contributed by atoms with Crippen LogP contribution in [0.2, 0.25) is 0 Å². The highest BCUT2D eigenvalue weighted by molar-refractivity contribution is 6.45. The molecule has 17 heavy (non-hydrogen) atoms. The molecule has 3 nitrogen and oxygen atoms in total. The van der Waals surface area contributed by atoms with Crippen molar-refractivity contribution in [3.05, 3.63) is 27.7 Å². The van der Waals surface area contributed by atoms with Crippen molar-refractivity contribution < 1.29 is 5.02 Å². The summed E-state index contributed by atoms with van der Waals surface area (Å²) in [5.41, 5.74) is 3.15. The van der Waals surface area contributed by atoms with Gasteiger partial charge in [0.25, 0.3) is 0 Å². The number of hydrogen-bond donors (Lipinski definition) is 1. The SMILES string of the molecule is O=c1c(BO)cc2c(n1CC1CC1)CCCC2. The van der Waals surface area contributed by atoms with E-state index in [1.165, 1.54) is 36.9 Å². The van der Waals surface area contributed by atoms with Crippen LogP contribution in [-0.2, 0) is 19.4 Å². The van der Waals surface area contributed by atoms with Crippen LogP contribution >= 0.6 is 0 Å². The molecule has 1 fully saturated rings. The van der Waals surface area contributed by atoms with Crippen LogP contribution in [-0.4, -0.2) is 17.1 Å². The molecule has 0 saturated heterocycles. The molecule has 90 valence electrons. The molecular formula is C13H18BNO2. The first-order valence-corrected chi connectivity index (χ1v) is 6.65. The summed E-state index contributed by atoms with van der Waals surface area (Å²) in [6, 6.07) is 1.93. The highest BCUT2D eigenvalue weighted by Gasteiger charge is 2.25. The van der Waals surface area contributed by atoms with Gasteiger partial charge in [-0.1, -0.05) is 6.07 Å². The maximum absolute atomic E-state index is 12.2. The second kappa shape index (κ2) is 4.33. The van der Waals surface area contributed by atoms with Crippen molar-refractivity contribution in [3.63, 3.8) is 0 Å². The minimum Gasteiger partial charge on any atom is -0.449 e. The third kappa shape index (κ3) is 2.06. The van der Waals surface area contributed by atoms with Crippen molar-refractivity contribution in [2.45, 2.75) is 45.1 Å². The van der Waals surface area contributed by atoms with E-state index in [4.69, 9.17) is 0 Å². The Kier molecular flexibility index (Phi) is 2.83. The number of rotatable bonds is 3. The fraction of sp³-hybridized carbons (Fsp3) is 0.615. The lowest BCUT2D eigenvalue weighted by molar-refractivity contribution is 0.542. The van der Waals surface area contributed by atoms with Crippen molar-refractivity contribution in [3.8, 4) is 0 Å². The summed E-state index contributed by atoms with van der Waals surface area (Å²) in [7, 11) is -0.128. The Balaban J connectivity index is 2.10. The molecule has 1 N–H and O–H groups in total. The number of aromatic nitrogens is 1. The lowest BCUT2D eigenvalue weighted by Crippen LogP contribution is -2.41. The molecular weight excluding hydrogens is 213 g/mol. The van der Waals surface area contributed by atoms with Crippen molar-refractivity contribution in [1.82, 2.24) is 4.57 Å². The van der Waals surface area contributed by atoms with Crippen LogP contribution < -0.4 is 11.0 Å². The van der Waals surface area contributed by atoms with Gasteiger partial charge in [0.2, 0.25) is 5.56 Å². The smallest absolute Gasteiger partial charge is 0.310 e. The molecule has 2 aliphatic carbocycles. The fourth-order valence-corrected chi connectivity index (χ4v) is 2.81. The molecule has 1 aromatic rings. The van der Waals surface area contributed by atoms with Crippen molar-refractivity contribution in [2.75, 3.05) is 0 Å². The zero-order chi connectivity index (χ0) is 11.8. The predicted molar refractivity (Wildman–Crippen MR) is 69.1 cm³/mol. The van der Waals surface area contributed by atoms with Crippen molar-refractivity contribution in [1.29, 1.82) is 0 Å². The Morgan fingerprint density at radius 1 is 1.35 bits per heavy atom. The van der Waals surface area contributed by atoms with E-state index < -0.39 is 0 Å². The minimum atomic E-state index is -0.128. The Morgan fingerprint density at radius 3 is 2.82 bits per heavy atom. The summed E-state index contributed by atoms with van der Waals surface area (Å²) in [6.45, 7) is 0.870. The average Bonchev–Trinajstić information content (AvgIpc) is 3.16. The molecule has 0 spiro atoms. The molecule has 1 heterocycles. The number of pyridine rings is 1. The molecule has 3 rings (SSSR count). The monoisotopic (exact) mass is 231 g/mol. The predicted octanol–water partition coefficient (Wildman–Crippen LogP) is 0.106. The lowest BCUT2D eigenvalue weighted by atomic mass is 9.85. The Bertz CT molecular complexity index is 491. The third-order valence-electron chi connectivity index (χ3n) is 3.98. The lowest BCUT2D eigenvalue weighted by Gasteiger charge is -2.22. The van der Waals surface area contributed by atoms with Crippen LogP contribution in [0, 0.1) is 5.92 Å². The molecule has 0 aromatic carbocycles. The Morgan fingerprint density at radius 2 is 2.12 bits per heavy atom. The first kappa shape index (κ1) is 11.1.